The summed E-state index contributed by atoms with van der Waals surface area (Å²) in [5.41, 5.74) is 1.45. The summed E-state index contributed by atoms with van der Waals surface area (Å²) < 4.78 is 0. The Balaban J connectivity index is 5.05. The molecule has 0 aliphatic rings. The van der Waals surface area contributed by atoms with Gasteiger partial charge in [0, 0.05) is 19.5 Å². The number of nitrogens with zero attached hydrogens (tertiary/aromatic N) is 1. The van der Waals surface area contributed by atoms with Crippen molar-refractivity contribution in [3.8, 4) is 0 Å². The van der Waals surface area contributed by atoms with Gasteiger partial charge in [0.15, 0.2) is 0 Å². The monoisotopic (exact) mass is 206 g/mol. The quantitative estimate of drug-likeness (QED) is 0.418. The highest BCUT2D eigenvalue weighted by Gasteiger charge is 2.06. The van der Waals surface area contributed by atoms with Gasteiger partial charge in [0.05, 0.1) is 5.57 Å². The zero-order valence-electron chi connectivity index (χ0n) is 9.58. The molecule has 82 valence electrons. The number of amides is 1. The summed E-state index contributed by atoms with van der Waals surface area (Å²) in [6.07, 6.45) is 7.78. The fourth-order valence-electron chi connectivity index (χ4n) is 0.986. The molecule has 0 spiro atoms. The van der Waals surface area contributed by atoms with Gasteiger partial charge in [0.2, 0.25) is 0 Å². The van der Waals surface area contributed by atoms with Crippen molar-refractivity contribution in [3.05, 3.63) is 36.1 Å². The van der Waals surface area contributed by atoms with Crippen LogP contribution in [-0.2, 0) is 4.79 Å². The van der Waals surface area contributed by atoms with Crippen molar-refractivity contribution in [1.29, 1.82) is 0 Å². The summed E-state index contributed by atoms with van der Waals surface area (Å²) in [5, 5.41) is 2.58. The van der Waals surface area contributed by atoms with Crippen LogP contribution in [0.5, 0.6) is 0 Å². The first-order valence-electron chi connectivity index (χ1n) is 4.90. The third-order valence-corrected chi connectivity index (χ3v) is 1.81. The van der Waals surface area contributed by atoms with E-state index in [0.29, 0.717) is 5.57 Å². The maximum absolute atomic E-state index is 11.5. The Morgan fingerprint density at radius 3 is 2.67 bits per heavy atom. The molecule has 0 fully saturated rings. The summed E-state index contributed by atoms with van der Waals surface area (Å²) in [4.78, 5) is 15.4. The molecule has 0 aromatic carbocycles. The average molecular weight is 206 g/mol. The van der Waals surface area contributed by atoms with Gasteiger partial charge in [-0.1, -0.05) is 25.7 Å². The van der Waals surface area contributed by atoms with E-state index in [1.807, 2.05) is 26.0 Å². The van der Waals surface area contributed by atoms with Crippen molar-refractivity contribution >= 4 is 12.1 Å². The third kappa shape index (κ3) is 4.96. The fraction of sp³-hybridized carbons (Fsp3) is 0.333. The van der Waals surface area contributed by atoms with Crippen LogP contribution in [0.15, 0.2) is 41.1 Å². The molecule has 0 unspecified atom stereocenters. The third-order valence-electron chi connectivity index (χ3n) is 1.81. The van der Waals surface area contributed by atoms with Crippen LogP contribution in [-0.4, -0.2) is 19.2 Å². The molecule has 0 bridgehead atoms. The lowest BCUT2D eigenvalue weighted by Gasteiger charge is -2.02. The summed E-state index contributed by atoms with van der Waals surface area (Å²) in [6.45, 7) is 7.39. The van der Waals surface area contributed by atoms with Crippen LogP contribution in [0.4, 0.5) is 0 Å². The van der Waals surface area contributed by atoms with E-state index < -0.39 is 0 Å². The number of carbonyl (C=O) groups is 1. The molecule has 0 rings (SSSR count). The zero-order chi connectivity index (χ0) is 11.7. The van der Waals surface area contributed by atoms with Crippen molar-refractivity contribution in [2.75, 3.05) is 7.05 Å². The van der Waals surface area contributed by atoms with Gasteiger partial charge in [-0.05, 0) is 18.9 Å². The van der Waals surface area contributed by atoms with Gasteiger partial charge in [0.1, 0.15) is 0 Å². The Morgan fingerprint density at radius 1 is 1.53 bits per heavy atom. The van der Waals surface area contributed by atoms with Crippen molar-refractivity contribution in [3.63, 3.8) is 0 Å². The largest absolute Gasteiger partial charge is 0.355 e. The summed E-state index contributed by atoms with van der Waals surface area (Å²) in [5.74, 6) is -0.140. The molecule has 0 heterocycles. The van der Waals surface area contributed by atoms with Crippen LogP contribution in [0.3, 0.4) is 0 Å². The van der Waals surface area contributed by atoms with E-state index in [9.17, 15) is 4.79 Å². The van der Waals surface area contributed by atoms with E-state index in [1.54, 1.807) is 7.05 Å². The maximum Gasteiger partial charge on any atom is 0.252 e. The molecular weight excluding hydrogens is 188 g/mol. The van der Waals surface area contributed by atoms with Gasteiger partial charge in [-0.15, -0.1) is 0 Å². The second-order valence-electron chi connectivity index (χ2n) is 2.95. The molecule has 0 aromatic rings. The molecule has 1 N–H and O–H groups in total. The lowest BCUT2D eigenvalue weighted by atomic mass is 10.1. The van der Waals surface area contributed by atoms with Crippen LogP contribution in [0, 0.1) is 0 Å². The van der Waals surface area contributed by atoms with Crippen molar-refractivity contribution < 1.29 is 4.79 Å². The van der Waals surface area contributed by atoms with Crippen molar-refractivity contribution in [1.82, 2.24) is 5.32 Å². The van der Waals surface area contributed by atoms with Crippen LogP contribution in [0.1, 0.15) is 20.3 Å². The van der Waals surface area contributed by atoms with Crippen LogP contribution in [0.25, 0.3) is 0 Å². The number of aliphatic imine (C=N–C) groups is 1. The fourth-order valence-corrected chi connectivity index (χ4v) is 0.986. The molecule has 0 radical (unpaired) electrons. The standard InChI is InChI=1S/C12H18N2O/c1-5-7-8-10(3)11(9-14-6-2)12(15)13-4/h6-9H,2,5H2,1,3-4H3,(H,13,15)/b8-7-,11-10-,14-9?. The van der Waals surface area contributed by atoms with E-state index >= 15 is 0 Å². The Kier molecular flexibility index (Phi) is 6.89. The van der Waals surface area contributed by atoms with Gasteiger partial charge in [-0.2, -0.15) is 0 Å². The van der Waals surface area contributed by atoms with Gasteiger partial charge in [-0.3, -0.25) is 9.79 Å². The van der Waals surface area contributed by atoms with E-state index in [0.717, 1.165) is 12.0 Å². The zero-order valence-corrected chi connectivity index (χ0v) is 9.58. The first-order valence-corrected chi connectivity index (χ1v) is 4.90. The second kappa shape index (κ2) is 7.74. The molecule has 3 nitrogen and oxygen atoms in total. The van der Waals surface area contributed by atoms with Crippen LogP contribution >= 0.6 is 0 Å². The van der Waals surface area contributed by atoms with E-state index in [4.69, 9.17) is 0 Å². The molecular formula is C12H18N2O. The van der Waals surface area contributed by atoms with Crippen LogP contribution in [0.2, 0.25) is 0 Å². The van der Waals surface area contributed by atoms with Crippen LogP contribution < -0.4 is 5.32 Å². The Hall–Kier alpha value is -1.64. The summed E-state index contributed by atoms with van der Waals surface area (Å²) in [6, 6.07) is 0. The highest BCUT2D eigenvalue weighted by molar-refractivity contribution is 6.13. The van der Waals surface area contributed by atoms with Gasteiger partial charge in [0.25, 0.3) is 5.91 Å². The molecule has 15 heavy (non-hydrogen) atoms. The smallest absolute Gasteiger partial charge is 0.252 e. The molecule has 0 aromatic heterocycles. The van der Waals surface area contributed by atoms with E-state index in [1.165, 1.54) is 12.4 Å². The number of rotatable bonds is 5. The second-order valence-corrected chi connectivity index (χ2v) is 2.95. The minimum Gasteiger partial charge on any atom is -0.355 e. The predicted octanol–water partition coefficient (Wildman–Crippen LogP) is 2.23. The first-order chi connectivity index (χ1) is 7.17. The number of carbonyl (C=O) groups excluding carboxylic acids is 1. The number of hydrogen-bond donors (Lipinski definition) is 1. The van der Waals surface area contributed by atoms with E-state index in [2.05, 4.69) is 16.9 Å². The van der Waals surface area contributed by atoms with Gasteiger partial charge in [-0.25, -0.2) is 0 Å². The number of hydrogen-bond acceptors (Lipinski definition) is 2. The highest BCUT2D eigenvalue weighted by Crippen LogP contribution is 2.04. The van der Waals surface area contributed by atoms with Crippen molar-refractivity contribution in [2.45, 2.75) is 20.3 Å². The first kappa shape index (κ1) is 13.4. The Labute approximate surface area is 91.3 Å². The maximum atomic E-state index is 11.5. The normalized spacial score (nSPS) is 13.0. The average Bonchev–Trinajstić information content (AvgIpc) is 2.26. The van der Waals surface area contributed by atoms with Crippen molar-refractivity contribution in [2.24, 2.45) is 4.99 Å². The highest BCUT2D eigenvalue weighted by atomic mass is 16.1. The van der Waals surface area contributed by atoms with Gasteiger partial charge >= 0.3 is 0 Å². The minimum atomic E-state index is -0.140. The molecule has 0 aliphatic heterocycles. The summed E-state index contributed by atoms with van der Waals surface area (Å²) >= 11 is 0. The molecule has 3 heteroatoms. The summed E-state index contributed by atoms with van der Waals surface area (Å²) in [7, 11) is 1.60. The van der Waals surface area contributed by atoms with Gasteiger partial charge < -0.3 is 5.32 Å². The van der Waals surface area contributed by atoms with E-state index in [-0.39, 0.29) is 5.91 Å². The number of nitrogens with one attached hydrogen (secondary N) is 1. The lowest BCUT2D eigenvalue weighted by molar-refractivity contribution is -0.116. The number of likely N-dealkylation sites (N-methyl/N-ethyl adjacent to an activating group) is 1. The SMILES string of the molecule is C=CN=C/C(C(=O)NC)=C(C)/C=C\CC. The molecule has 0 saturated carbocycles. The number of allylic oxidation sites excluding steroid dienone is 3. The molecule has 0 atom stereocenters. The Bertz CT molecular complexity index is 312. The Morgan fingerprint density at radius 2 is 2.20 bits per heavy atom. The minimum absolute atomic E-state index is 0.140. The lowest BCUT2D eigenvalue weighted by Crippen LogP contribution is -2.21. The predicted molar refractivity (Wildman–Crippen MR) is 64.9 cm³/mol. The molecule has 0 aliphatic carbocycles. The molecule has 0 saturated heterocycles. The molecule has 1 amide bonds. The topological polar surface area (TPSA) is 41.5 Å².